The zero-order chi connectivity index (χ0) is 15.1. The Bertz CT molecular complexity index is 978. The average Bonchev–Trinajstić information content (AvgIpc) is 2.45. The van der Waals surface area contributed by atoms with E-state index in [0.717, 1.165) is 5.39 Å². The molecule has 0 aliphatic rings. The van der Waals surface area contributed by atoms with Crippen molar-refractivity contribution in [1.82, 2.24) is 14.5 Å². The van der Waals surface area contributed by atoms with E-state index in [1.807, 2.05) is 12.1 Å². The number of fused-ring (bicyclic) bond motifs is 1. The molecule has 1 N–H and O–H groups in total. The van der Waals surface area contributed by atoms with E-state index < -0.39 is 22.2 Å². The number of halogens is 2. The molecule has 2 aromatic heterocycles. The van der Waals surface area contributed by atoms with Gasteiger partial charge in [0.1, 0.15) is 0 Å². The van der Waals surface area contributed by atoms with Crippen molar-refractivity contribution in [2.24, 2.45) is 0 Å². The lowest BCUT2D eigenvalue weighted by Crippen LogP contribution is -2.36. The second kappa shape index (κ2) is 4.82. The lowest BCUT2D eigenvalue weighted by atomic mass is 10.1. The summed E-state index contributed by atoms with van der Waals surface area (Å²) in [5, 5.41) is 0.130. The topological polar surface area (TPSA) is 67.8 Å². The summed E-state index contributed by atoms with van der Waals surface area (Å²) in [6.07, 6.45) is 0. The van der Waals surface area contributed by atoms with Gasteiger partial charge in [-0.3, -0.25) is 14.8 Å². The third-order valence-corrected chi connectivity index (χ3v) is 3.34. The van der Waals surface area contributed by atoms with Crippen molar-refractivity contribution in [1.29, 1.82) is 0 Å². The number of benzene rings is 1. The number of aromatic nitrogens is 3. The summed E-state index contributed by atoms with van der Waals surface area (Å²) < 4.78 is 14.4. The highest BCUT2D eigenvalue weighted by Crippen LogP contribution is 2.19. The van der Waals surface area contributed by atoms with E-state index >= 15 is 0 Å². The average molecular weight is 306 g/mol. The predicted molar refractivity (Wildman–Crippen MR) is 77.7 cm³/mol. The maximum absolute atomic E-state index is 13.7. The van der Waals surface area contributed by atoms with Crippen molar-refractivity contribution in [3.05, 3.63) is 67.8 Å². The van der Waals surface area contributed by atoms with E-state index in [0.29, 0.717) is 15.8 Å². The molecule has 0 aliphatic carbocycles. The number of hydrogen-bond donors (Lipinski definition) is 1. The second-order valence-corrected chi connectivity index (χ2v) is 4.88. The molecule has 0 saturated carbocycles. The molecule has 0 spiro atoms. The summed E-state index contributed by atoms with van der Waals surface area (Å²) in [6.45, 7) is 1.78. The van der Waals surface area contributed by atoms with Gasteiger partial charge < -0.3 is 0 Å². The fraction of sp³-hybridized carbons (Fsp3) is 0.0714. The second-order valence-electron chi connectivity index (χ2n) is 4.50. The minimum absolute atomic E-state index is 0.206. The first-order valence-corrected chi connectivity index (χ1v) is 6.44. The molecule has 0 bridgehead atoms. The van der Waals surface area contributed by atoms with Crippen molar-refractivity contribution in [2.75, 3.05) is 0 Å². The van der Waals surface area contributed by atoms with Gasteiger partial charge in [0.05, 0.1) is 11.2 Å². The summed E-state index contributed by atoms with van der Waals surface area (Å²) in [4.78, 5) is 30.4. The molecule has 0 saturated heterocycles. The number of nitrogens with one attached hydrogen (secondary N) is 1. The molecular weight excluding hydrogens is 297 g/mol. The number of hydrogen-bond acceptors (Lipinski definition) is 3. The van der Waals surface area contributed by atoms with Crippen LogP contribution in [-0.2, 0) is 0 Å². The Kier molecular flexibility index (Phi) is 3.10. The molecule has 0 fully saturated rings. The maximum atomic E-state index is 13.7. The van der Waals surface area contributed by atoms with Crippen LogP contribution in [0, 0.1) is 12.7 Å². The van der Waals surface area contributed by atoms with Crippen LogP contribution in [0.15, 0.2) is 39.9 Å². The van der Waals surface area contributed by atoms with Crippen molar-refractivity contribution >= 4 is 22.5 Å². The highest BCUT2D eigenvalue weighted by atomic mass is 35.5. The third kappa shape index (κ3) is 2.13. The first-order chi connectivity index (χ1) is 9.99. The molecule has 0 aliphatic heterocycles. The molecule has 1 aromatic carbocycles. The van der Waals surface area contributed by atoms with Gasteiger partial charge in [-0.15, -0.1) is 0 Å². The maximum Gasteiger partial charge on any atom is 0.334 e. The summed E-state index contributed by atoms with van der Waals surface area (Å²) in [5.41, 5.74) is -0.569. The number of rotatable bonds is 1. The molecule has 106 valence electrons. The molecule has 0 atom stereocenters. The van der Waals surface area contributed by atoms with Gasteiger partial charge in [0.15, 0.2) is 5.15 Å². The smallest absolute Gasteiger partial charge is 0.295 e. The number of aromatic amines is 1. The van der Waals surface area contributed by atoms with Crippen LogP contribution in [0.3, 0.4) is 0 Å². The summed E-state index contributed by atoms with van der Waals surface area (Å²) >= 11 is 5.46. The molecule has 0 radical (unpaired) electrons. The summed E-state index contributed by atoms with van der Waals surface area (Å²) in [7, 11) is 0. The van der Waals surface area contributed by atoms with Gasteiger partial charge in [-0.05, 0) is 19.1 Å². The normalized spacial score (nSPS) is 11.0. The molecule has 2 heterocycles. The molecule has 5 nitrogen and oxygen atoms in total. The first kappa shape index (κ1) is 13.5. The number of nitrogens with zero attached hydrogens (tertiary/aromatic N) is 2. The van der Waals surface area contributed by atoms with E-state index in [1.165, 1.54) is 6.07 Å². The Morgan fingerprint density at radius 1 is 1.24 bits per heavy atom. The molecule has 7 heteroatoms. The Hall–Kier alpha value is -2.47. The largest absolute Gasteiger partial charge is 0.334 e. The fourth-order valence-electron chi connectivity index (χ4n) is 2.12. The molecule has 0 unspecified atom stereocenters. The predicted octanol–water partition coefficient (Wildman–Crippen LogP) is 2.17. The van der Waals surface area contributed by atoms with Crippen LogP contribution in [0.4, 0.5) is 4.39 Å². The van der Waals surface area contributed by atoms with E-state index in [1.54, 1.807) is 19.1 Å². The first-order valence-electron chi connectivity index (χ1n) is 6.06. The molecule has 3 rings (SSSR count). The van der Waals surface area contributed by atoms with Gasteiger partial charge in [0, 0.05) is 11.1 Å². The SMILES string of the molecule is Cc1ccc2cccc(-n3c(=O)[nH]c(Cl)c(F)c3=O)c2n1. The van der Waals surface area contributed by atoms with Gasteiger partial charge in [0.2, 0.25) is 5.82 Å². The van der Waals surface area contributed by atoms with Crippen molar-refractivity contribution in [2.45, 2.75) is 6.92 Å². The quantitative estimate of drug-likeness (QED) is 0.701. The van der Waals surface area contributed by atoms with Gasteiger partial charge in [0.25, 0.3) is 5.56 Å². The van der Waals surface area contributed by atoms with Gasteiger partial charge >= 0.3 is 5.69 Å². The van der Waals surface area contributed by atoms with E-state index in [9.17, 15) is 14.0 Å². The number of aryl methyl sites for hydroxylation is 1. The molecule has 21 heavy (non-hydrogen) atoms. The van der Waals surface area contributed by atoms with Crippen molar-refractivity contribution in [3.8, 4) is 5.69 Å². The minimum atomic E-state index is -1.21. The fourth-order valence-corrected chi connectivity index (χ4v) is 2.28. The van der Waals surface area contributed by atoms with Gasteiger partial charge in [-0.2, -0.15) is 4.39 Å². The van der Waals surface area contributed by atoms with E-state index in [4.69, 9.17) is 11.6 Å². The Labute approximate surface area is 122 Å². The summed E-state index contributed by atoms with van der Waals surface area (Å²) in [5.74, 6) is -1.21. The standard InChI is InChI=1S/C14H9ClFN3O2/c1-7-5-6-8-3-2-4-9(11(8)17-7)19-13(20)10(16)12(15)18-14(19)21/h2-6H,1H3,(H,18,21). The van der Waals surface area contributed by atoms with Crippen molar-refractivity contribution in [3.63, 3.8) is 0 Å². The minimum Gasteiger partial charge on any atom is -0.295 e. The number of pyridine rings is 1. The van der Waals surface area contributed by atoms with E-state index in [-0.39, 0.29) is 5.69 Å². The highest BCUT2D eigenvalue weighted by molar-refractivity contribution is 6.29. The van der Waals surface area contributed by atoms with Crippen LogP contribution in [-0.4, -0.2) is 14.5 Å². The Morgan fingerprint density at radius 3 is 2.76 bits per heavy atom. The number of H-pyrrole nitrogens is 1. The Morgan fingerprint density at radius 2 is 2.00 bits per heavy atom. The Balaban J connectivity index is 2.47. The van der Waals surface area contributed by atoms with Crippen LogP contribution in [0.25, 0.3) is 16.6 Å². The van der Waals surface area contributed by atoms with Crippen LogP contribution in [0.1, 0.15) is 5.69 Å². The summed E-state index contributed by atoms with van der Waals surface area (Å²) in [6, 6.07) is 8.59. The third-order valence-electron chi connectivity index (χ3n) is 3.08. The number of para-hydroxylation sites is 1. The zero-order valence-electron chi connectivity index (χ0n) is 10.9. The molecule has 0 amide bonds. The van der Waals surface area contributed by atoms with Crippen LogP contribution >= 0.6 is 11.6 Å². The van der Waals surface area contributed by atoms with Crippen molar-refractivity contribution < 1.29 is 4.39 Å². The lowest BCUT2D eigenvalue weighted by Gasteiger charge is -2.08. The molecular formula is C14H9ClFN3O2. The zero-order valence-corrected chi connectivity index (χ0v) is 11.6. The highest BCUT2D eigenvalue weighted by Gasteiger charge is 2.16. The van der Waals surface area contributed by atoms with Crippen LogP contribution in [0.2, 0.25) is 5.15 Å². The van der Waals surface area contributed by atoms with Gasteiger partial charge in [-0.1, -0.05) is 29.8 Å². The van der Waals surface area contributed by atoms with Crippen LogP contribution in [0.5, 0.6) is 0 Å². The monoisotopic (exact) mass is 305 g/mol. The van der Waals surface area contributed by atoms with Crippen LogP contribution < -0.4 is 11.2 Å². The van der Waals surface area contributed by atoms with E-state index in [2.05, 4.69) is 9.97 Å². The lowest BCUT2D eigenvalue weighted by molar-refractivity contribution is 0.585. The van der Waals surface area contributed by atoms with Gasteiger partial charge in [-0.25, -0.2) is 9.36 Å². The molecule has 3 aromatic rings.